The van der Waals surface area contributed by atoms with E-state index in [9.17, 15) is 12.8 Å². The Morgan fingerprint density at radius 1 is 1.40 bits per heavy atom. The molecule has 0 heterocycles. The highest BCUT2D eigenvalue weighted by molar-refractivity contribution is 7.89. The molecule has 0 amide bonds. The summed E-state index contributed by atoms with van der Waals surface area (Å²) in [6.07, 6.45) is 2.95. The molecular formula is C13H20FN3O2S. The lowest BCUT2D eigenvalue weighted by molar-refractivity contribution is 0.0656. The van der Waals surface area contributed by atoms with Crippen LogP contribution in [0.4, 0.5) is 10.1 Å². The van der Waals surface area contributed by atoms with Crippen LogP contribution < -0.4 is 10.5 Å². The fourth-order valence-electron chi connectivity index (χ4n) is 2.41. The van der Waals surface area contributed by atoms with E-state index in [1.54, 1.807) is 0 Å². The van der Waals surface area contributed by atoms with Crippen LogP contribution in [0.3, 0.4) is 0 Å². The lowest BCUT2D eigenvalue weighted by atomic mass is 9.76. The van der Waals surface area contributed by atoms with Crippen molar-refractivity contribution in [2.24, 2.45) is 0 Å². The van der Waals surface area contributed by atoms with E-state index >= 15 is 0 Å². The molecule has 0 aliphatic heterocycles. The summed E-state index contributed by atoms with van der Waals surface area (Å²) < 4.78 is 40.5. The highest BCUT2D eigenvalue weighted by Gasteiger charge is 2.40. The second kappa shape index (κ2) is 5.31. The highest BCUT2D eigenvalue weighted by Crippen LogP contribution is 2.35. The molecule has 0 spiro atoms. The Hall–Kier alpha value is -1.18. The first-order chi connectivity index (χ1) is 9.27. The van der Waals surface area contributed by atoms with Crippen LogP contribution in [0.15, 0.2) is 23.1 Å². The minimum absolute atomic E-state index is 0.155. The molecule has 1 aliphatic carbocycles. The molecule has 20 heavy (non-hydrogen) atoms. The van der Waals surface area contributed by atoms with Gasteiger partial charge in [-0.1, -0.05) is 0 Å². The van der Waals surface area contributed by atoms with E-state index in [2.05, 4.69) is 4.72 Å². The minimum Gasteiger partial charge on any atom is -0.399 e. The van der Waals surface area contributed by atoms with Crippen molar-refractivity contribution in [1.82, 2.24) is 9.62 Å². The van der Waals surface area contributed by atoms with Gasteiger partial charge in [0.1, 0.15) is 10.7 Å². The normalized spacial score (nSPS) is 18.0. The van der Waals surface area contributed by atoms with E-state index in [1.165, 1.54) is 12.1 Å². The van der Waals surface area contributed by atoms with Gasteiger partial charge in [0.05, 0.1) is 0 Å². The van der Waals surface area contributed by atoms with Gasteiger partial charge in [-0.2, -0.15) is 0 Å². The fourth-order valence-corrected chi connectivity index (χ4v) is 3.59. The Labute approximate surface area is 119 Å². The van der Waals surface area contributed by atoms with Crippen molar-refractivity contribution in [2.45, 2.75) is 29.7 Å². The number of benzene rings is 1. The number of anilines is 1. The number of nitrogen functional groups attached to an aromatic ring is 1. The maximum absolute atomic E-state index is 13.7. The summed E-state index contributed by atoms with van der Waals surface area (Å²) in [6, 6.07) is 3.58. The molecule has 1 saturated carbocycles. The molecule has 0 saturated heterocycles. The van der Waals surface area contributed by atoms with Crippen LogP contribution in [-0.2, 0) is 10.0 Å². The third-order valence-electron chi connectivity index (χ3n) is 4.07. The van der Waals surface area contributed by atoms with E-state index < -0.39 is 15.8 Å². The zero-order chi connectivity index (χ0) is 15.0. The summed E-state index contributed by atoms with van der Waals surface area (Å²) in [6.45, 7) is 0.284. The Morgan fingerprint density at radius 3 is 2.50 bits per heavy atom. The van der Waals surface area contributed by atoms with Crippen LogP contribution >= 0.6 is 0 Å². The molecule has 0 atom stereocenters. The molecule has 2 rings (SSSR count). The van der Waals surface area contributed by atoms with Crippen molar-refractivity contribution in [3.8, 4) is 0 Å². The molecule has 0 radical (unpaired) electrons. The van der Waals surface area contributed by atoms with Crippen molar-refractivity contribution >= 4 is 15.7 Å². The smallest absolute Gasteiger partial charge is 0.243 e. The topological polar surface area (TPSA) is 75.4 Å². The third-order valence-corrected chi connectivity index (χ3v) is 5.50. The van der Waals surface area contributed by atoms with Crippen LogP contribution in [0.2, 0.25) is 0 Å². The second-order valence-electron chi connectivity index (χ2n) is 5.49. The number of nitrogens with zero attached hydrogens (tertiary/aromatic N) is 1. The first-order valence-corrected chi connectivity index (χ1v) is 7.97. The van der Waals surface area contributed by atoms with E-state index in [0.29, 0.717) is 0 Å². The summed E-state index contributed by atoms with van der Waals surface area (Å²) >= 11 is 0. The summed E-state index contributed by atoms with van der Waals surface area (Å²) in [7, 11) is -0.00218. The van der Waals surface area contributed by atoms with Crippen LogP contribution in [0.1, 0.15) is 19.3 Å². The van der Waals surface area contributed by atoms with Gasteiger partial charge >= 0.3 is 0 Å². The molecule has 7 heteroatoms. The quantitative estimate of drug-likeness (QED) is 0.801. The van der Waals surface area contributed by atoms with Gasteiger partial charge in [-0.3, -0.25) is 0 Å². The molecule has 112 valence electrons. The van der Waals surface area contributed by atoms with Crippen LogP contribution in [0.5, 0.6) is 0 Å². The third kappa shape index (κ3) is 2.79. The molecule has 0 bridgehead atoms. The first-order valence-electron chi connectivity index (χ1n) is 6.49. The van der Waals surface area contributed by atoms with Crippen molar-refractivity contribution in [1.29, 1.82) is 0 Å². The van der Waals surface area contributed by atoms with Crippen LogP contribution in [0.25, 0.3) is 0 Å². The van der Waals surface area contributed by atoms with Gasteiger partial charge < -0.3 is 10.6 Å². The van der Waals surface area contributed by atoms with Crippen molar-refractivity contribution in [3.05, 3.63) is 24.0 Å². The lowest BCUT2D eigenvalue weighted by Gasteiger charge is -2.47. The highest BCUT2D eigenvalue weighted by atomic mass is 32.2. The number of hydrogen-bond donors (Lipinski definition) is 2. The van der Waals surface area contributed by atoms with Crippen LogP contribution in [0, 0.1) is 5.82 Å². The predicted octanol–water partition coefficient (Wildman–Crippen LogP) is 1.17. The Balaban J connectivity index is 2.15. The van der Waals surface area contributed by atoms with Gasteiger partial charge in [0.2, 0.25) is 10.0 Å². The maximum Gasteiger partial charge on any atom is 0.243 e. The number of nitrogens with two attached hydrogens (primary N) is 1. The predicted molar refractivity (Wildman–Crippen MR) is 76.3 cm³/mol. The van der Waals surface area contributed by atoms with Crippen LogP contribution in [-0.4, -0.2) is 39.5 Å². The number of hydrogen-bond acceptors (Lipinski definition) is 4. The van der Waals surface area contributed by atoms with Crippen molar-refractivity contribution in [2.75, 3.05) is 26.4 Å². The zero-order valence-corrected chi connectivity index (χ0v) is 12.5. The maximum atomic E-state index is 13.7. The lowest BCUT2D eigenvalue weighted by Crippen LogP contribution is -2.57. The second-order valence-corrected chi connectivity index (χ2v) is 7.22. The van der Waals surface area contributed by atoms with Crippen molar-refractivity contribution in [3.63, 3.8) is 0 Å². The van der Waals surface area contributed by atoms with Crippen molar-refractivity contribution < 1.29 is 12.8 Å². The van der Waals surface area contributed by atoms with E-state index in [1.807, 2.05) is 19.0 Å². The van der Waals surface area contributed by atoms with Gasteiger partial charge in [-0.05, 0) is 51.6 Å². The molecule has 1 fully saturated rings. The minimum atomic E-state index is -3.86. The van der Waals surface area contributed by atoms with Gasteiger partial charge in [0, 0.05) is 17.8 Å². The molecule has 0 aromatic heterocycles. The standard InChI is InChI=1S/C13H20FN3O2S/c1-17(2)13(6-3-7-13)9-16-20(18,19)12-5-4-10(15)8-11(12)14/h4-5,8,16H,3,6-7,9,15H2,1-2H3. The number of rotatable bonds is 5. The largest absolute Gasteiger partial charge is 0.399 e. The number of sulfonamides is 1. The molecular weight excluding hydrogens is 281 g/mol. The number of nitrogens with one attached hydrogen (secondary N) is 1. The summed E-state index contributed by atoms with van der Waals surface area (Å²) in [5.74, 6) is -0.829. The van der Waals surface area contributed by atoms with E-state index in [-0.39, 0.29) is 22.7 Å². The molecule has 1 aromatic rings. The average molecular weight is 301 g/mol. The molecule has 1 aromatic carbocycles. The monoisotopic (exact) mass is 301 g/mol. The van der Waals surface area contributed by atoms with E-state index in [0.717, 1.165) is 25.3 Å². The number of likely N-dealkylation sites (N-methyl/N-ethyl adjacent to an activating group) is 1. The molecule has 3 N–H and O–H groups in total. The Morgan fingerprint density at radius 2 is 2.05 bits per heavy atom. The van der Waals surface area contributed by atoms with Gasteiger partial charge in [0.25, 0.3) is 0 Å². The van der Waals surface area contributed by atoms with Gasteiger partial charge in [-0.25, -0.2) is 17.5 Å². The van der Waals surface area contributed by atoms with E-state index in [4.69, 9.17) is 5.73 Å². The Kier molecular flexibility index (Phi) is 4.04. The first kappa shape index (κ1) is 15.2. The SMILES string of the molecule is CN(C)C1(CNS(=O)(=O)c2ccc(N)cc2F)CCC1. The number of halogens is 1. The van der Waals surface area contributed by atoms with Gasteiger partial charge in [0.15, 0.2) is 0 Å². The molecule has 1 aliphatic rings. The Bertz CT molecular complexity index is 598. The zero-order valence-electron chi connectivity index (χ0n) is 11.7. The molecule has 5 nitrogen and oxygen atoms in total. The van der Waals surface area contributed by atoms with Gasteiger partial charge in [-0.15, -0.1) is 0 Å². The average Bonchev–Trinajstić information content (AvgIpc) is 2.25. The molecule has 0 unspecified atom stereocenters. The summed E-state index contributed by atoms with van der Waals surface area (Å²) in [5, 5.41) is 0. The summed E-state index contributed by atoms with van der Waals surface area (Å²) in [5.41, 5.74) is 5.47. The summed E-state index contributed by atoms with van der Waals surface area (Å²) in [4.78, 5) is 1.66. The fraction of sp³-hybridized carbons (Fsp3) is 0.538.